The van der Waals surface area contributed by atoms with Gasteiger partial charge in [0, 0.05) is 110 Å². The average Bonchev–Trinajstić information content (AvgIpc) is 1.58. The van der Waals surface area contributed by atoms with Crippen molar-refractivity contribution in [3.05, 3.63) is 461 Å². The van der Waals surface area contributed by atoms with Gasteiger partial charge in [-0.05, 0) is 136 Å². The van der Waals surface area contributed by atoms with E-state index < -0.39 is 0 Å². The van der Waals surface area contributed by atoms with Crippen LogP contribution in [-0.2, 0) is 0 Å². The van der Waals surface area contributed by atoms with Crippen molar-refractivity contribution in [2.24, 2.45) is 0 Å². The van der Waals surface area contributed by atoms with E-state index in [9.17, 15) is 0 Å². The smallest absolute Gasteiger partial charge is 0.164 e. The molecule has 132 heavy (non-hydrogen) atoms. The van der Waals surface area contributed by atoms with Gasteiger partial charge >= 0.3 is 0 Å². The standard InChI is InChI=1S/C43H28N4.C39H24N4O.C37H24N4/c1-3-11-30(12-4-1)41-44-42(31-13-5-2-6-14-31)46-43(45-41)32-21-19-29(20-22-32)33-23-24-35-28-36(26-25-34(35)27-33)47-39-17-9-7-15-37(39)38-16-8-10-18-40(38)47;1-2-11-25(12-3-1)37-40-38(42-39(41-37)27-21-22-32-31-17-6-9-20-35(31)44-36(32)24-27)26-13-10-14-28(23-26)43-33-18-7-4-15-29(33)30-16-5-8-19-34(30)43;1-3-11-25(12-4-1)35-38-36(26-13-5-2-6-14-26)40-37(39-35)29-20-19-28-24-30(22-21-27(28)23-29)41-33-17-9-7-15-31(33)32-16-8-10-18-34(32)41/h1-28H;1-24H;1-24H. The summed E-state index contributed by atoms with van der Waals surface area (Å²) in [6.45, 7) is 0. The molecule has 13 heteroatoms. The first-order valence-electron chi connectivity index (χ1n) is 44.1. The van der Waals surface area contributed by atoms with Crippen molar-refractivity contribution in [3.63, 3.8) is 0 Å². The van der Waals surface area contributed by atoms with Crippen LogP contribution in [0.1, 0.15) is 0 Å². The number of furan rings is 1. The van der Waals surface area contributed by atoms with Crippen LogP contribution >= 0.6 is 0 Å². The molecular formula is C119H76N12O. The van der Waals surface area contributed by atoms with E-state index in [0.717, 1.165) is 116 Å². The summed E-state index contributed by atoms with van der Waals surface area (Å²) in [5.74, 6) is 5.79. The Labute approximate surface area is 758 Å². The quantitative estimate of drug-likeness (QED) is 0.109. The molecule has 26 aromatic rings. The van der Waals surface area contributed by atoms with Gasteiger partial charge in [-0.15, -0.1) is 0 Å². The number of aromatic nitrogens is 12. The van der Waals surface area contributed by atoms with Gasteiger partial charge in [-0.25, -0.2) is 44.9 Å². The fourth-order valence-corrected chi connectivity index (χ4v) is 18.4. The number of para-hydroxylation sites is 7. The summed E-state index contributed by atoms with van der Waals surface area (Å²) in [5, 5.41) is 14.4. The highest BCUT2D eigenvalue weighted by atomic mass is 16.3. The molecule has 0 saturated heterocycles. The Bertz CT molecular complexity index is 8630. The van der Waals surface area contributed by atoms with Crippen LogP contribution in [0.15, 0.2) is 465 Å². The molecule has 0 fully saturated rings. The third kappa shape index (κ3) is 14.5. The topological polar surface area (TPSA) is 144 Å². The molecule has 0 radical (unpaired) electrons. The highest BCUT2D eigenvalue weighted by molar-refractivity contribution is 6.12. The monoisotopic (exact) mass is 1690 g/mol. The lowest BCUT2D eigenvalue weighted by Gasteiger charge is -2.11. The van der Waals surface area contributed by atoms with Crippen LogP contribution < -0.4 is 0 Å². The van der Waals surface area contributed by atoms with Gasteiger partial charge in [-0.3, -0.25) is 0 Å². The predicted molar refractivity (Wildman–Crippen MR) is 539 cm³/mol. The summed E-state index contributed by atoms with van der Waals surface area (Å²) in [5.41, 5.74) is 23.0. The van der Waals surface area contributed by atoms with Crippen molar-refractivity contribution in [1.82, 2.24) is 58.6 Å². The number of nitrogens with zero attached hydrogens (tertiary/aromatic N) is 12. The second-order valence-corrected chi connectivity index (χ2v) is 32.8. The normalized spacial score (nSPS) is 11.5. The number of fused-ring (bicyclic) bond motifs is 14. The second-order valence-electron chi connectivity index (χ2n) is 32.8. The molecule has 7 heterocycles. The van der Waals surface area contributed by atoms with E-state index in [1.807, 2.05) is 176 Å². The summed E-state index contributed by atoms with van der Waals surface area (Å²) >= 11 is 0. The third-order valence-electron chi connectivity index (χ3n) is 24.7. The predicted octanol–water partition coefficient (Wildman–Crippen LogP) is 29.8. The zero-order valence-corrected chi connectivity index (χ0v) is 71.2. The maximum atomic E-state index is 6.20. The van der Waals surface area contributed by atoms with Crippen molar-refractivity contribution < 1.29 is 4.42 Å². The van der Waals surface area contributed by atoms with Crippen molar-refractivity contribution >= 4 is 109 Å². The first-order valence-corrected chi connectivity index (χ1v) is 44.1. The maximum absolute atomic E-state index is 6.20. The summed E-state index contributed by atoms with van der Waals surface area (Å²) in [6.07, 6.45) is 0. The van der Waals surface area contributed by atoms with Crippen LogP contribution in [0.5, 0.6) is 0 Å². The van der Waals surface area contributed by atoms with Crippen molar-refractivity contribution in [2.75, 3.05) is 0 Å². The molecule has 7 aromatic heterocycles. The average molecular weight is 1690 g/mol. The molecule has 0 aliphatic heterocycles. The summed E-state index contributed by atoms with van der Waals surface area (Å²) in [6, 6.07) is 160. The van der Waals surface area contributed by atoms with E-state index in [1.54, 1.807) is 0 Å². The molecule has 0 amide bonds. The van der Waals surface area contributed by atoms with Gasteiger partial charge in [0.25, 0.3) is 0 Å². The van der Waals surface area contributed by atoms with Crippen molar-refractivity contribution in [2.45, 2.75) is 0 Å². The van der Waals surface area contributed by atoms with Gasteiger partial charge in [0.05, 0.1) is 33.1 Å². The van der Waals surface area contributed by atoms with Crippen LogP contribution in [0.4, 0.5) is 0 Å². The van der Waals surface area contributed by atoms with Gasteiger partial charge in [-0.1, -0.05) is 358 Å². The SMILES string of the molecule is c1ccc(-c2nc(-c3cccc(-n4c5ccccc5c5ccccc54)c3)nc(-c3ccc4c(c3)oc3ccccc34)n2)cc1.c1ccc(-c2nc(-c3ccccc3)nc(-c3ccc(-c4ccc5cc(-n6c7ccccc7c7ccccc76)ccc5c4)cc3)n2)cc1.c1ccc(-c2nc(-c3ccccc3)nc(-c3ccc4cc(-n5c6ccccc6c6ccccc65)ccc4c3)n2)cc1. The molecule has 19 aromatic carbocycles. The molecule has 0 aliphatic carbocycles. The van der Waals surface area contributed by atoms with Crippen LogP contribution in [-0.4, -0.2) is 58.6 Å². The Kier molecular flexibility index (Phi) is 19.6. The summed E-state index contributed by atoms with van der Waals surface area (Å²) in [7, 11) is 0. The largest absolute Gasteiger partial charge is 0.456 e. The molecule has 26 rings (SSSR count). The number of hydrogen-bond acceptors (Lipinski definition) is 10. The van der Waals surface area contributed by atoms with Crippen LogP contribution in [0.3, 0.4) is 0 Å². The van der Waals surface area contributed by atoms with E-state index in [2.05, 4.69) is 299 Å². The first-order chi connectivity index (χ1) is 65.4. The number of hydrogen-bond donors (Lipinski definition) is 0. The van der Waals surface area contributed by atoms with E-state index in [0.29, 0.717) is 52.4 Å². The highest BCUT2D eigenvalue weighted by Crippen LogP contribution is 2.41. The highest BCUT2D eigenvalue weighted by Gasteiger charge is 2.22. The molecule has 618 valence electrons. The van der Waals surface area contributed by atoms with Gasteiger partial charge in [0.2, 0.25) is 0 Å². The zero-order chi connectivity index (χ0) is 87.4. The van der Waals surface area contributed by atoms with Gasteiger partial charge in [0.1, 0.15) is 11.2 Å². The van der Waals surface area contributed by atoms with E-state index in [4.69, 9.17) is 49.3 Å². The fraction of sp³-hybridized carbons (Fsp3) is 0. The van der Waals surface area contributed by atoms with Gasteiger partial charge in [0.15, 0.2) is 52.4 Å². The van der Waals surface area contributed by atoms with Crippen molar-refractivity contribution in [1.29, 1.82) is 0 Å². The lowest BCUT2D eigenvalue weighted by Crippen LogP contribution is -2.01. The Morgan fingerprint density at radius 3 is 0.742 bits per heavy atom. The third-order valence-corrected chi connectivity index (χ3v) is 24.7. The minimum Gasteiger partial charge on any atom is -0.456 e. The zero-order valence-electron chi connectivity index (χ0n) is 71.2. The summed E-state index contributed by atoms with van der Waals surface area (Å²) in [4.78, 5) is 44.2. The van der Waals surface area contributed by atoms with Crippen LogP contribution in [0.25, 0.3) is 240 Å². The summed E-state index contributed by atoms with van der Waals surface area (Å²) < 4.78 is 13.2. The molecule has 0 aliphatic rings. The molecule has 13 nitrogen and oxygen atoms in total. The van der Waals surface area contributed by atoms with Crippen molar-refractivity contribution in [3.8, 4) is 131 Å². The number of rotatable bonds is 13. The van der Waals surface area contributed by atoms with Gasteiger partial charge in [-0.2, -0.15) is 0 Å². The second kappa shape index (κ2) is 33.4. The van der Waals surface area contributed by atoms with Crippen LogP contribution in [0.2, 0.25) is 0 Å². The van der Waals surface area contributed by atoms with Gasteiger partial charge < -0.3 is 18.1 Å². The first kappa shape index (κ1) is 77.5. The minimum absolute atomic E-state index is 0.596. The van der Waals surface area contributed by atoms with Crippen LogP contribution in [0, 0.1) is 0 Å². The Balaban J connectivity index is 0.000000109. The lowest BCUT2D eigenvalue weighted by molar-refractivity contribution is 0.669. The molecule has 0 spiro atoms. The minimum atomic E-state index is 0.596. The van der Waals surface area contributed by atoms with E-state index >= 15 is 0 Å². The Morgan fingerprint density at radius 1 is 0.136 bits per heavy atom. The molecule has 0 N–H and O–H groups in total. The Morgan fingerprint density at radius 2 is 0.371 bits per heavy atom. The molecular weight excluding hydrogens is 1610 g/mol. The van der Waals surface area contributed by atoms with E-state index in [1.165, 1.54) is 70.7 Å². The molecule has 0 bridgehead atoms. The molecule has 0 saturated carbocycles. The fourth-order valence-electron chi connectivity index (χ4n) is 18.4. The molecule has 0 unspecified atom stereocenters. The number of benzene rings is 19. The molecule has 0 atom stereocenters. The maximum Gasteiger partial charge on any atom is 0.164 e. The Hall–Kier alpha value is -18.1. The lowest BCUT2D eigenvalue weighted by atomic mass is 9.99. The van der Waals surface area contributed by atoms with E-state index in [-0.39, 0.29) is 0 Å².